The summed E-state index contributed by atoms with van der Waals surface area (Å²) in [6.07, 6.45) is 2.46. The van der Waals surface area contributed by atoms with Gasteiger partial charge in [-0.2, -0.15) is 4.52 Å². The summed E-state index contributed by atoms with van der Waals surface area (Å²) in [7, 11) is 0. The molecule has 1 aromatic carbocycles. The molecular formula is C21H26N4O3S. The number of fused-ring (bicyclic) bond motifs is 1. The first-order valence-corrected chi connectivity index (χ1v) is 11.0. The van der Waals surface area contributed by atoms with Gasteiger partial charge in [0.15, 0.2) is 5.82 Å². The van der Waals surface area contributed by atoms with Gasteiger partial charge in [0, 0.05) is 13.0 Å². The summed E-state index contributed by atoms with van der Waals surface area (Å²) >= 11 is 1.46. The average Bonchev–Trinajstić information content (AvgIpc) is 3.29. The first-order valence-electron chi connectivity index (χ1n) is 10.1. The zero-order valence-electron chi connectivity index (χ0n) is 16.7. The Hall–Kier alpha value is -2.45. The Labute approximate surface area is 173 Å². The molecule has 29 heavy (non-hydrogen) atoms. The number of hydrogen-bond acceptors (Lipinski definition) is 7. The summed E-state index contributed by atoms with van der Waals surface area (Å²) in [5, 5.41) is 15.4. The van der Waals surface area contributed by atoms with Crippen molar-refractivity contribution in [2.24, 2.45) is 5.92 Å². The number of likely N-dealkylation sites (tertiary alicyclic amines) is 1. The van der Waals surface area contributed by atoms with Gasteiger partial charge in [-0.15, -0.1) is 5.10 Å². The lowest BCUT2D eigenvalue weighted by Crippen LogP contribution is -2.41. The van der Waals surface area contributed by atoms with Crippen LogP contribution in [0.3, 0.4) is 0 Å². The van der Waals surface area contributed by atoms with Crippen LogP contribution in [-0.2, 0) is 16.0 Å². The number of rotatable bonds is 6. The molecule has 2 atom stereocenters. The molecule has 1 fully saturated rings. The molecule has 1 N–H and O–H groups in total. The average molecular weight is 415 g/mol. The van der Waals surface area contributed by atoms with E-state index in [1.807, 2.05) is 32.0 Å². The van der Waals surface area contributed by atoms with Gasteiger partial charge in [0.1, 0.15) is 0 Å². The van der Waals surface area contributed by atoms with Crippen molar-refractivity contribution in [3.8, 4) is 5.88 Å². The lowest BCUT2D eigenvalue weighted by atomic mass is 9.94. The molecule has 8 heteroatoms. The van der Waals surface area contributed by atoms with Crippen LogP contribution in [0.5, 0.6) is 5.88 Å². The maximum Gasteiger partial charge on any atom is 0.310 e. The fraction of sp³-hybridized carbons (Fsp3) is 0.476. The number of ether oxygens (including phenoxy) is 1. The van der Waals surface area contributed by atoms with Crippen molar-refractivity contribution in [2.75, 3.05) is 19.7 Å². The molecule has 4 rings (SSSR count). The molecule has 0 unspecified atom stereocenters. The number of aromatic nitrogens is 3. The van der Waals surface area contributed by atoms with Crippen LogP contribution in [0.2, 0.25) is 0 Å². The predicted molar refractivity (Wildman–Crippen MR) is 111 cm³/mol. The van der Waals surface area contributed by atoms with Crippen LogP contribution in [0.1, 0.15) is 49.0 Å². The monoisotopic (exact) mass is 414 g/mol. The number of esters is 1. The smallest absolute Gasteiger partial charge is 0.310 e. The maximum atomic E-state index is 12.4. The topological polar surface area (TPSA) is 80.0 Å². The summed E-state index contributed by atoms with van der Waals surface area (Å²) in [5.74, 6) is 0.563. The summed E-state index contributed by atoms with van der Waals surface area (Å²) in [6, 6.07) is 9.94. The fourth-order valence-corrected chi connectivity index (χ4v) is 5.11. The van der Waals surface area contributed by atoms with Crippen molar-refractivity contribution in [2.45, 2.75) is 39.2 Å². The third-order valence-electron chi connectivity index (χ3n) is 5.36. The number of piperidine rings is 1. The van der Waals surface area contributed by atoms with Crippen LogP contribution in [0.25, 0.3) is 4.96 Å². The van der Waals surface area contributed by atoms with Gasteiger partial charge in [0.2, 0.25) is 10.8 Å². The van der Waals surface area contributed by atoms with E-state index >= 15 is 0 Å². The van der Waals surface area contributed by atoms with Gasteiger partial charge in [-0.25, -0.2) is 4.98 Å². The molecular weight excluding hydrogens is 388 g/mol. The number of benzene rings is 1. The van der Waals surface area contributed by atoms with Crippen molar-refractivity contribution in [1.82, 2.24) is 19.5 Å². The van der Waals surface area contributed by atoms with Crippen molar-refractivity contribution in [3.63, 3.8) is 0 Å². The molecule has 1 aliphatic heterocycles. The highest BCUT2D eigenvalue weighted by atomic mass is 32.1. The van der Waals surface area contributed by atoms with Gasteiger partial charge >= 0.3 is 5.97 Å². The number of nitrogens with zero attached hydrogens (tertiary/aromatic N) is 4. The van der Waals surface area contributed by atoms with E-state index in [9.17, 15) is 9.90 Å². The molecule has 154 valence electrons. The van der Waals surface area contributed by atoms with Crippen LogP contribution in [-0.4, -0.2) is 50.3 Å². The Balaban J connectivity index is 1.72. The van der Waals surface area contributed by atoms with Gasteiger partial charge in [0.25, 0.3) is 0 Å². The zero-order chi connectivity index (χ0) is 20.4. The molecule has 0 amide bonds. The van der Waals surface area contributed by atoms with Crippen LogP contribution in [0.15, 0.2) is 30.3 Å². The van der Waals surface area contributed by atoms with Gasteiger partial charge < -0.3 is 9.84 Å². The minimum atomic E-state index is -0.160. The van der Waals surface area contributed by atoms with E-state index in [1.165, 1.54) is 15.9 Å². The second-order valence-electron chi connectivity index (χ2n) is 7.27. The predicted octanol–water partition coefficient (Wildman–Crippen LogP) is 3.42. The molecule has 7 nitrogen and oxygen atoms in total. The lowest BCUT2D eigenvalue weighted by molar-refractivity contribution is -0.150. The van der Waals surface area contributed by atoms with Gasteiger partial charge in [-0.3, -0.25) is 9.69 Å². The highest BCUT2D eigenvalue weighted by molar-refractivity contribution is 7.17. The maximum absolute atomic E-state index is 12.4. The summed E-state index contributed by atoms with van der Waals surface area (Å²) < 4.78 is 6.80. The Morgan fingerprint density at radius 2 is 2.14 bits per heavy atom. The number of thiazole rings is 1. The molecule has 3 heterocycles. The number of aryl methyl sites for hydroxylation is 1. The van der Waals surface area contributed by atoms with E-state index in [0.29, 0.717) is 18.1 Å². The Kier molecular flexibility index (Phi) is 5.82. The highest BCUT2D eigenvalue weighted by Crippen LogP contribution is 2.41. The van der Waals surface area contributed by atoms with E-state index in [0.717, 1.165) is 42.1 Å². The third-order valence-corrected chi connectivity index (χ3v) is 6.43. The zero-order valence-corrected chi connectivity index (χ0v) is 17.6. The molecule has 0 bridgehead atoms. The van der Waals surface area contributed by atoms with E-state index in [1.54, 1.807) is 0 Å². The van der Waals surface area contributed by atoms with Crippen molar-refractivity contribution < 1.29 is 14.6 Å². The molecule has 0 aliphatic carbocycles. The molecule has 1 aliphatic rings. The fourth-order valence-electron chi connectivity index (χ4n) is 3.98. The van der Waals surface area contributed by atoms with Crippen molar-refractivity contribution in [3.05, 3.63) is 46.6 Å². The molecule has 0 spiro atoms. The number of aromatic hydroxyl groups is 1. The standard InChI is InChI=1S/C21H26N4O3S/c1-3-16-22-21-25(23-16)19(26)18(29-21)17(14-9-6-5-7-10-14)24-12-8-11-15(13-24)20(27)28-4-2/h5-7,9-10,15,17,26H,3-4,8,11-13H2,1-2H3/t15-,17-/m1/s1. The minimum Gasteiger partial charge on any atom is -0.492 e. The van der Waals surface area contributed by atoms with E-state index in [4.69, 9.17) is 4.74 Å². The van der Waals surface area contributed by atoms with E-state index in [-0.39, 0.29) is 23.8 Å². The SMILES string of the molecule is CCOC(=O)[C@@H]1CCCN([C@H](c2ccccc2)c2sc3nc(CC)nn3c2O)C1. The Morgan fingerprint density at radius 3 is 2.83 bits per heavy atom. The summed E-state index contributed by atoms with van der Waals surface area (Å²) in [6.45, 7) is 5.68. The van der Waals surface area contributed by atoms with Gasteiger partial charge in [-0.1, -0.05) is 48.6 Å². The van der Waals surface area contributed by atoms with E-state index in [2.05, 4.69) is 27.1 Å². The van der Waals surface area contributed by atoms with Crippen molar-refractivity contribution >= 4 is 22.3 Å². The molecule has 0 saturated carbocycles. The van der Waals surface area contributed by atoms with E-state index < -0.39 is 0 Å². The quantitative estimate of drug-likeness (QED) is 0.623. The molecule has 3 aromatic rings. The summed E-state index contributed by atoms with van der Waals surface area (Å²) in [5.41, 5.74) is 1.08. The highest BCUT2D eigenvalue weighted by Gasteiger charge is 2.35. The normalized spacial score (nSPS) is 18.8. The first-order chi connectivity index (χ1) is 14.1. The number of carbonyl (C=O) groups excluding carboxylic acids is 1. The van der Waals surface area contributed by atoms with Crippen LogP contribution < -0.4 is 0 Å². The Morgan fingerprint density at radius 1 is 1.34 bits per heavy atom. The number of hydrogen-bond donors (Lipinski definition) is 1. The van der Waals surface area contributed by atoms with Gasteiger partial charge in [-0.05, 0) is 31.9 Å². The summed E-state index contributed by atoms with van der Waals surface area (Å²) in [4.78, 5) is 20.6. The molecule has 1 saturated heterocycles. The van der Waals surface area contributed by atoms with Crippen molar-refractivity contribution in [1.29, 1.82) is 0 Å². The van der Waals surface area contributed by atoms with Crippen LogP contribution in [0.4, 0.5) is 0 Å². The Bertz CT molecular complexity index is 985. The first kappa shape index (κ1) is 19.8. The van der Waals surface area contributed by atoms with Gasteiger partial charge in [0.05, 0.1) is 23.4 Å². The molecule has 2 aromatic heterocycles. The lowest BCUT2D eigenvalue weighted by Gasteiger charge is -2.37. The minimum absolute atomic E-state index is 0.129. The second-order valence-corrected chi connectivity index (χ2v) is 8.27. The number of carbonyl (C=O) groups is 1. The van der Waals surface area contributed by atoms with Crippen LogP contribution in [0, 0.1) is 5.92 Å². The third kappa shape index (κ3) is 3.86. The largest absolute Gasteiger partial charge is 0.492 e. The molecule has 0 radical (unpaired) electrons. The van der Waals surface area contributed by atoms with Crippen LogP contribution >= 0.6 is 11.3 Å². The second kappa shape index (κ2) is 8.51.